The zero-order valence-corrected chi connectivity index (χ0v) is 14.1. The van der Waals surface area contributed by atoms with Gasteiger partial charge < -0.3 is 4.84 Å². The van der Waals surface area contributed by atoms with Gasteiger partial charge in [-0.25, -0.2) is 4.79 Å². The van der Waals surface area contributed by atoms with Gasteiger partial charge in [-0.2, -0.15) is 0 Å². The molecule has 0 spiro atoms. The summed E-state index contributed by atoms with van der Waals surface area (Å²) in [4.78, 5) is 17.1. The molecule has 5 rings (SSSR count). The van der Waals surface area contributed by atoms with Gasteiger partial charge in [-0.05, 0) is 35.1 Å². The van der Waals surface area contributed by atoms with Crippen molar-refractivity contribution in [2.45, 2.75) is 12.3 Å². The Kier molecular flexibility index (Phi) is 3.45. The number of carbonyl (C=O) groups excluding carboxylic acids is 1. The van der Waals surface area contributed by atoms with Gasteiger partial charge in [0.25, 0.3) is 0 Å². The predicted octanol–water partition coefficient (Wildman–Crippen LogP) is 4.41. The fourth-order valence-electron chi connectivity index (χ4n) is 4.03. The lowest BCUT2D eigenvalue weighted by atomic mass is 9.89. The van der Waals surface area contributed by atoms with E-state index in [1.165, 1.54) is 11.1 Å². The number of oxime groups is 1. The Morgan fingerprint density at radius 2 is 1.88 bits per heavy atom. The lowest BCUT2D eigenvalue weighted by molar-refractivity contribution is -0.136. The highest BCUT2D eigenvalue weighted by atomic mass is 16.7. The van der Waals surface area contributed by atoms with Crippen molar-refractivity contribution in [2.75, 3.05) is 0 Å². The number of hydrogen-bond donors (Lipinski definition) is 0. The number of nitrogens with zero attached hydrogens (tertiary/aromatic N) is 1. The van der Waals surface area contributed by atoms with Crippen LogP contribution in [0.4, 0.5) is 0 Å². The SMILES string of the molecule is O=C1ON=C(c2ccccc2)/C1=C/c1ccc2c(c1)CC1C=CC=CC21. The van der Waals surface area contributed by atoms with Gasteiger partial charge in [0, 0.05) is 11.5 Å². The number of benzene rings is 2. The normalized spacial score (nSPS) is 24.4. The van der Waals surface area contributed by atoms with Crippen LogP contribution in [0.3, 0.4) is 0 Å². The molecule has 0 radical (unpaired) electrons. The predicted molar refractivity (Wildman–Crippen MR) is 102 cm³/mol. The molecule has 0 saturated heterocycles. The number of fused-ring (bicyclic) bond motifs is 3. The molecule has 2 unspecified atom stereocenters. The first kappa shape index (κ1) is 15.1. The number of hydrogen-bond acceptors (Lipinski definition) is 3. The van der Waals surface area contributed by atoms with Gasteiger partial charge in [0.1, 0.15) is 5.71 Å². The second-order valence-electron chi connectivity index (χ2n) is 6.86. The minimum absolute atomic E-state index is 0.399. The maximum atomic E-state index is 12.2. The van der Waals surface area contributed by atoms with Crippen LogP contribution in [0.2, 0.25) is 0 Å². The van der Waals surface area contributed by atoms with Crippen molar-refractivity contribution >= 4 is 17.8 Å². The van der Waals surface area contributed by atoms with Crippen LogP contribution in [0.15, 0.2) is 83.6 Å². The van der Waals surface area contributed by atoms with Crippen LogP contribution < -0.4 is 0 Å². The summed E-state index contributed by atoms with van der Waals surface area (Å²) in [6, 6.07) is 16.1. The summed E-state index contributed by atoms with van der Waals surface area (Å²) in [5.74, 6) is 0.634. The molecule has 0 aromatic heterocycles. The molecule has 3 heteroatoms. The molecule has 1 aliphatic heterocycles. The minimum atomic E-state index is -0.399. The van der Waals surface area contributed by atoms with E-state index >= 15 is 0 Å². The fraction of sp³-hybridized carbons (Fsp3) is 0.130. The topological polar surface area (TPSA) is 38.7 Å². The Bertz CT molecular complexity index is 1010. The molecule has 2 aromatic carbocycles. The van der Waals surface area contributed by atoms with E-state index in [-0.39, 0.29) is 0 Å². The zero-order valence-electron chi connectivity index (χ0n) is 14.1. The van der Waals surface area contributed by atoms with Crippen molar-refractivity contribution in [3.05, 3.63) is 101 Å². The third kappa shape index (κ3) is 2.44. The second kappa shape index (κ2) is 5.95. The highest BCUT2D eigenvalue weighted by molar-refractivity contribution is 6.31. The van der Waals surface area contributed by atoms with E-state index < -0.39 is 5.97 Å². The highest BCUT2D eigenvalue weighted by Gasteiger charge is 2.30. The van der Waals surface area contributed by atoms with Crippen molar-refractivity contribution in [2.24, 2.45) is 11.1 Å². The standard InChI is InChI=1S/C23H17NO2/c25-23-21(22(24-26-23)16-6-2-1-3-7-16)13-15-10-11-20-18(12-15)14-17-8-4-5-9-19(17)20/h1-13,17,19H,14H2/b21-13-. The highest BCUT2D eigenvalue weighted by Crippen LogP contribution is 2.41. The molecule has 0 fully saturated rings. The van der Waals surface area contributed by atoms with Gasteiger partial charge in [0.2, 0.25) is 0 Å². The molecule has 0 amide bonds. The summed E-state index contributed by atoms with van der Waals surface area (Å²) in [5, 5.41) is 3.98. The molecular formula is C23H17NO2. The maximum absolute atomic E-state index is 12.2. The van der Waals surface area contributed by atoms with Crippen molar-refractivity contribution in [3.63, 3.8) is 0 Å². The molecule has 2 aliphatic carbocycles. The Hall–Kier alpha value is -3.20. The quantitative estimate of drug-likeness (QED) is 0.600. The van der Waals surface area contributed by atoms with E-state index in [4.69, 9.17) is 4.84 Å². The van der Waals surface area contributed by atoms with Crippen LogP contribution >= 0.6 is 0 Å². The van der Waals surface area contributed by atoms with E-state index in [0.717, 1.165) is 17.5 Å². The number of allylic oxidation sites excluding steroid dienone is 4. The minimum Gasteiger partial charge on any atom is -0.312 e. The van der Waals surface area contributed by atoms with Crippen LogP contribution in [-0.4, -0.2) is 11.7 Å². The summed E-state index contributed by atoms with van der Waals surface area (Å²) in [5.41, 5.74) is 5.74. The molecular weight excluding hydrogens is 322 g/mol. The molecule has 2 atom stereocenters. The van der Waals surface area contributed by atoms with Crippen LogP contribution in [0, 0.1) is 5.92 Å². The lowest BCUT2D eigenvalue weighted by Crippen LogP contribution is -2.06. The van der Waals surface area contributed by atoms with Crippen molar-refractivity contribution in [3.8, 4) is 0 Å². The van der Waals surface area contributed by atoms with Gasteiger partial charge in [0.15, 0.2) is 0 Å². The van der Waals surface area contributed by atoms with Gasteiger partial charge in [0.05, 0.1) is 5.57 Å². The summed E-state index contributed by atoms with van der Waals surface area (Å²) >= 11 is 0. The van der Waals surface area contributed by atoms with Gasteiger partial charge >= 0.3 is 5.97 Å². The zero-order chi connectivity index (χ0) is 17.5. The van der Waals surface area contributed by atoms with E-state index in [1.54, 1.807) is 0 Å². The average Bonchev–Trinajstić information content (AvgIpc) is 3.23. The van der Waals surface area contributed by atoms with Crippen molar-refractivity contribution < 1.29 is 9.63 Å². The molecule has 26 heavy (non-hydrogen) atoms. The van der Waals surface area contributed by atoms with Gasteiger partial charge in [-0.1, -0.05) is 78.0 Å². The third-order valence-electron chi connectivity index (χ3n) is 5.28. The smallest absolute Gasteiger partial charge is 0.312 e. The average molecular weight is 339 g/mol. The molecule has 0 bridgehead atoms. The Balaban J connectivity index is 1.51. The first-order valence-electron chi connectivity index (χ1n) is 8.84. The molecule has 0 N–H and O–H groups in total. The molecule has 1 heterocycles. The van der Waals surface area contributed by atoms with Crippen LogP contribution in [0.5, 0.6) is 0 Å². The summed E-state index contributed by atoms with van der Waals surface area (Å²) in [6.45, 7) is 0. The van der Waals surface area contributed by atoms with Gasteiger partial charge in [-0.3, -0.25) is 0 Å². The number of rotatable bonds is 2. The van der Waals surface area contributed by atoms with Crippen LogP contribution in [-0.2, 0) is 16.1 Å². The van der Waals surface area contributed by atoms with Crippen LogP contribution in [0.25, 0.3) is 6.08 Å². The summed E-state index contributed by atoms with van der Waals surface area (Å²) in [6.07, 6.45) is 11.8. The van der Waals surface area contributed by atoms with Gasteiger partial charge in [-0.15, -0.1) is 0 Å². The maximum Gasteiger partial charge on any atom is 0.368 e. The van der Waals surface area contributed by atoms with E-state index in [1.807, 2.05) is 36.4 Å². The van der Waals surface area contributed by atoms with Crippen molar-refractivity contribution in [1.29, 1.82) is 0 Å². The first-order valence-corrected chi connectivity index (χ1v) is 8.84. The summed E-state index contributed by atoms with van der Waals surface area (Å²) in [7, 11) is 0. The Morgan fingerprint density at radius 3 is 2.77 bits per heavy atom. The van der Waals surface area contributed by atoms with E-state index in [2.05, 4.69) is 47.7 Å². The van der Waals surface area contributed by atoms with Crippen LogP contribution in [0.1, 0.15) is 28.2 Å². The molecule has 2 aromatic rings. The molecule has 3 aliphatic rings. The molecule has 0 saturated carbocycles. The van der Waals surface area contributed by atoms with E-state index in [0.29, 0.717) is 23.1 Å². The number of carbonyl (C=O) groups is 1. The Morgan fingerprint density at radius 1 is 1.04 bits per heavy atom. The van der Waals surface area contributed by atoms with E-state index in [9.17, 15) is 4.79 Å². The lowest BCUT2D eigenvalue weighted by Gasteiger charge is -2.15. The third-order valence-corrected chi connectivity index (χ3v) is 5.28. The largest absolute Gasteiger partial charge is 0.368 e. The molecule has 126 valence electrons. The van der Waals surface area contributed by atoms with Crippen molar-refractivity contribution in [1.82, 2.24) is 0 Å². The second-order valence-corrected chi connectivity index (χ2v) is 6.86. The molecule has 3 nitrogen and oxygen atoms in total. The fourth-order valence-corrected chi connectivity index (χ4v) is 4.03. The first-order chi connectivity index (χ1) is 12.8. The summed E-state index contributed by atoms with van der Waals surface area (Å²) < 4.78 is 0. The Labute approximate surface area is 152 Å². The monoisotopic (exact) mass is 339 g/mol.